The van der Waals surface area contributed by atoms with Crippen LogP contribution in [-0.4, -0.2) is 12.6 Å². The van der Waals surface area contributed by atoms with Gasteiger partial charge in [-0.15, -0.1) is 0 Å². The maximum Gasteiger partial charge on any atom is 0.319 e. The first-order chi connectivity index (χ1) is 10.7. The summed E-state index contributed by atoms with van der Waals surface area (Å²) >= 11 is 0. The Hall–Kier alpha value is -2.62. The molecule has 0 saturated heterocycles. The number of benzene rings is 2. The van der Waals surface area contributed by atoms with Gasteiger partial charge in [-0.3, -0.25) is 0 Å². The van der Waals surface area contributed by atoms with Crippen LogP contribution in [0.25, 0.3) is 5.70 Å². The minimum atomic E-state index is -0.249. The molecule has 0 heterocycles. The molecular weight excluding hydrogens is 279 g/mol. The Kier molecular flexibility index (Phi) is 4.19. The normalized spacial score (nSPS) is 12.5. The zero-order valence-corrected chi connectivity index (χ0v) is 12.1. The van der Waals surface area contributed by atoms with Crippen molar-refractivity contribution in [3.63, 3.8) is 0 Å². The van der Waals surface area contributed by atoms with Crippen molar-refractivity contribution in [2.75, 3.05) is 6.54 Å². The molecule has 22 heavy (non-hydrogen) atoms. The van der Waals surface area contributed by atoms with E-state index in [0.717, 1.165) is 23.2 Å². The molecule has 3 nitrogen and oxygen atoms in total. The smallest absolute Gasteiger partial charge is 0.319 e. The lowest BCUT2D eigenvalue weighted by Crippen LogP contribution is -2.35. The van der Waals surface area contributed by atoms with Crippen LogP contribution in [0, 0.1) is 5.82 Å². The van der Waals surface area contributed by atoms with Gasteiger partial charge in [0.1, 0.15) is 5.82 Å². The Bertz CT molecular complexity index is 707. The molecule has 3 rings (SSSR count). The number of amides is 2. The average molecular weight is 296 g/mol. The molecule has 1 aliphatic rings. The third-order valence-electron chi connectivity index (χ3n) is 3.69. The Morgan fingerprint density at radius 1 is 1.09 bits per heavy atom. The molecule has 4 heteroatoms. The van der Waals surface area contributed by atoms with E-state index in [1.165, 1.54) is 17.7 Å². The van der Waals surface area contributed by atoms with Gasteiger partial charge in [0, 0.05) is 17.8 Å². The number of nitrogens with one attached hydrogen (secondary N) is 2. The van der Waals surface area contributed by atoms with Gasteiger partial charge in [0.15, 0.2) is 0 Å². The van der Waals surface area contributed by atoms with Crippen LogP contribution in [0.5, 0.6) is 0 Å². The highest BCUT2D eigenvalue weighted by Crippen LogP contribution is 2.24. The lowest BCUT2D eigenvalue weighted by Gasteiger charge is -2.10. The van der Waals surface area contributed by atoms with Crippen LogP contribution in [0.15, 0.2) is 54.6 Å². The van der Waals surface area contributed by atoms with Gasteiger partial charge in [-0.1, -0.05) is 42.5 Å². The summed E-state index contributed by atoms with van der Waals surface area (Å²) in [5.74, 6) is -0.249. The molecule has 112 valence electrons. The minimum Gasteiger partial charge on any atom is -0.338 e. The number of fused-ring (bicyclic) bond motifs is 1. The van der Waals surface area contributed by atoms with Gasteiger partial charge < -0.3 is 10.6 Å². The molecule has 0 radical (unpaired) electrons. The summed E-state index contributed by atoms with van der Waals surface area (Å²) < 4.78 is 12.8. The van der Waals surface area contributed by atoms with Crippen molar-refractivity contribution in [3.05, 3.63) is 77.1 Å². The third kappa shape index (κ3) is 3.34. The quantitative estimate of drug-likeness (QED) is 0.893. The summed E-state index contributed by atoms with van der Waals surface area (Å²) in [4.78, 5) is 11.9. The van der Waals surface area contributed by atoms with Crippen molar-refractivity contribution in [2.24, 2.45) is 0 Å². The van der Waals surface area contributed by atoms with Crippen molar-refractivity contribution < 1.29 is 9.18 Å². The summed E-state index contributed by atoms with van der Waals surface area (Å²) in [5, 5.41) is 5.70. The zero-order valence-electron chi connectivity index (χ0n) is 12.1. The molecule has 2 N–H and O–H groups in total. The van der Waals surface area contributed by atoms with E-state index in [4.69, 9.17) is 0 Å². The van der Waals surface area contributed by atoms with E-state index in [2.05, 4.69) is 16.7 Å². The molecule has 0 saturated carbocycles. The van der Waals surface area contributed by atoms with Gasteiger partial charge in [-0.25, -0.2) is 9.18 Å². The van der Waals surface area contributed by atoms with Crippen LogP contribution in [0.4, 0.5) is 9.18 Å². The number of urea groups is 1. The number of allylic oxidation sites excluding steroid dienone is 1. The molecule has 0 atom stereocenters. The molecule has 0 bridgehead atoms. The molecular formula is C18H17FN2O. The van der Waals surface area contributed by atoms with Crippen molar-refractivity contribution >= 4 is 11.7 Å². The fourth-order valence-corrected chi connectivity index (χ4v) is 2.54. The van der Waals surface area contributed by atoms with Gasteiger partial charge in [0.2, 0.25) is 0 Å². The van der Waals surface area contributed by atoms with E-state index in [0.29, 0.717) is 13.0 Å². The highest BCUT2D eigenvalue weighted by molar-refractivity contribution is 5.87. The third-order valence-corrected chi connectivity index (χ3v) is 3.69. The van der Waals surface area contributed by atoms with Crippen LogP contribution in [0.2, 0.25) is 0 Å². The summed E-state index contributed by atoms with van der Waals surface area (Å²) in [6, 6.07) is 14.1. The van der Waals surface area contributed by atoms with Crippen LogP contribution in [-0.2, 0) is 12.8 Å². The van der Waals surface area contributed by atoms with Crippen molar-refractivity contribution in [2.45, 2.75) is 12.8 Å². The van der Waals surface area contributed by atoms with E-state index in [9.17, 15) is 9.18 Å². The van der Waals surface area contributed by atoms with E-state index in [-0.39, 0.29) is 11.8 Å². The van der Waals surface area contributed by atoms with E-state index < -0.39 is 0 Å². The number of halogens is 1. The summed E-state index contributed by atoms with van der Waals surface area (Å²) in [5.41, 5.74) is 4.15. The van der Waals surface area contributed by atoms with Crippen LogP contribution in [0.3, 0.4) is 0 Å². The lowest BCUT2D eigenvalue weighted by atomic mass is 10.1. The van der Waals surface area contributed by atoms with Crippen LogP contribution < -0.4 is 10.6 Å². The molecule has 0 unspecified atom stereocenters. The van der Waals surface area contributed by atoms with Gasteiger partial charge in [-0.2, -0.15) is 0 Å². The Morgan fingerprint density at radius 3 is 2.68 bits per heavy atom. The van der Waals surface area contributed by atoms with E-state index in [1.54, 1.807) is 12.1 Å². The largest absolute Gasteiger partial charge is 0.338 e. The van der Waals surface area contributed by atoms with E-state index >= 15 is 0 Å². The van der Waals surface area contributed by atoms with Gasteiger partial charge in [-0.05, 0) is 36.1 Å². The topological polar surface area (TPSA) is 41.1 Å². The van der Waals surface area contributed by atoms with Gasteiger partial charge in [0.25, 0.3) is 0 Å². The van der Waals surface area contributed by atoms with Gasteiger partial charge >= 0.3 is 6.03 Å². The maximum absolute atomic E-state index is 12.8. The Labute approximate surface area is 128 Å². The molecule has 0 aromatic heterocycles. The number of carbonyl (C=O) groups is 1. The summed E-state index contributed by atoms with van der Waals surface area (Å²) in [6.07, 6.45) is 3.54. The highest BCUT2D eigenvalue weighted by atomic mass is 19.1. The predicted molar refractivity (Wildman–Crippen MR) is 84.8 cm³/mol. The van der Waals surface area contributed by atoms with Crippen LogP contribution in [0.1, 0.15) is 16.7 Å². The number of rotatable bonds is 4. The second kappa shape index (κ2) is 6.43. The summed E-state index contributed by atoms with van der Waals surface area (Å²) in [7, 11) is 0. The molecule has 0 aliphatic heterocycles. The number of carbonyl (C=O) groups excluding carboxylic acids is 1. The lowest BCUT2D eigenvalue weighted by molar-refractivity contribution is 0.245. The molecule has 2 aromatic carbocycles. The van der Waals surface area contributed by atoms with Crippen LogP contribution >= 0.6 is 0 Å². The summed E-state index contributed by atoms with van der Waals surface area (Å²) in [6.45, 7) is 0.506. The fraction of sp³-hybridized carbons (Fsp3) is 0.167. The minimum absolute atomic E-state index is 0.218. The Balaban J connectivity index is 1.48. The zero-order chi connectivity index (χ0) is 15.4. The molecule has 2 amide bonds. The Morgan fingerprint density at radius 2 is 1.86 bits per heavy atom. The first-order valence-corrected chi connectivity index (χ1v) is 7.30. The molecule has 2 aromatic rings. The molecule has 0 fully saturated rings. The monoisotopic (exact) mass is 296 g/mol. The second-order valence-corrected chi connectivity index (χ2v) is 5.24. The number of hydrogen-bond acceptors (Lipinski definition) is 1. The number of hydrogen-bond donors (Lipinski definition) is 2. The fourth-order valence-electron chi connectivity index (χ4n) is 2.54. The van der Waals surface area contributed by atoms with Crippen molar-refractivity contribution in [1.82, 2.24) is 10.6 Å². The molecule has 0 spiro atoms. The maximum atomic E-state index is 12.8. The van der Waals surface area contributed by atoms with Crippen molar-refractivity contribution in [1.29, 1.82) is 0 Å². The second-order valence-electron chi connectivity index (χ2n) is 5.24. The predicted octanol–water partition coefficient (Wildman–Crippen LogP) is 3.26. The SMILES string of the molecule is O=C(NCCc1ccc(F)cc1)NC1=CCc2ccccc21. The van der Waals surface area contributed by atoms with Gasteiger partial charge in [0.05, 0.1) is 0 Å². The first kappa shape index (κ1) is 14.3. The van der Waals surface area contributed by atoms with Crippen molar-refractivity contribution in [3.8, 4) is 0 Å². The molecule has 1 aliphatic carbocycles. The highest BCUT2D eigenvalue weighted by Gasteiger charge is 2.14. The average Bonchev–Trinajstić information content (AvgIpc) is 2.93. The first-order valence-electron chi connectivity index (χ1n) is 7.30. The van der Waals surface area contributed by atoms with E-state index in [1.807, 2.05) is 24.3 Å². The standard InChI is InChI=1S/C18H17FN2O/c19-15-8-5-13(6-9-15)11-12-20-18(22)21-17-10-7-14-3-1-2-4-16(14)17/h1-6,8-10H,7,11-12H2,(H2,20,21,22).